The lowest BCUT2D eigenvalue weighted by atomic mass is 9.96. The molecule has 0 radical (unpaired) electrons. The summed E-state index contributed by atoms with van der Waals surface area (Å²) >= 11 is 0. The van der Waals surface area contributed by atoms with Crippen molar-refractivity contribution in [1.29, 1.82) is 0 Å². The highest BCUT2D eigenvalue weighted by Gasteiger charge is 2.43. The lowest BCUT2D eigenvalue weighted by Crippen LogP contribution is -2.64. The van der Waals surface area contributed by atoms with E-state index in [9.17, 15) is 15.0 Å². The van der Waals surface area contributed by atoms with E-state index in [-0.39, 0.29) is 0 Å². The molecule has 0 saturated carbocycles. The summed E-state index contributed by atoms with van der Waals surface area (Å²) < 4.78 is 4.81. The van der Waals surface area contributed by atoms with Gasteiger partial charge in [-0.3, -0.25) is 4.79 Å². The number of carbonyl (C=O) groups excluding carboxylic acids is 1. The molecular formula is C8H15NO6. The largest absolute Gasteiger partial charge is 0.394 e. The molecule has 0 aromatic heterocycles. The van der Waals surface area contributed by atoms with Crippen molar-refractivity contribution < 1.29 is 30.0 Å². The molecule has 1 fully saturated rings. The number of hydrogen-bond acceptors (Lipinski definition) is 6. The maximum atomic E-state index is 10.8. The number of aliphatic hydroxyl groups is 4. The Labute approximate surface area is 86.3 Å². The first kappa shape index (κ1) is 12.3. The van der Waals surface area contributed by atoms with Gasteiger partial charge in [-0.05, 0) is 0 Å². The summed E-state index contributed by atoms with van der Waals surface area (Å²) in [6, 6.07) is -0.939. The zero-order chi connectivity index (χ0) is 11.6. The van der Waals surface area contributed by atoms with Crippen molar-refractivity contribution in [2.24, 2.45) is 0 Å². The number of hydrogen-bond donors (Lipinski definition) is 5. The smallest absolute Gasteiger partial charge is 0.217 e. The van der Waals surface area contributed by atoms with Crippen molar-refractivity contribution in [3.63, 3.8) is 0 Å². The minimum atomic E-state index is -1.57. The van der Waals surface area contributed by atoms with Crippen molar-refractivity contribution in [3.8, 4) is 0 Å². The topological polar surface area (TPSA) is 119 Å². The molecule has 5 N–H and O–H groups in total. The first-order valence-corrected chi connectivity index (χ1v) is 4.55. The van der Waals surface area contributed by atoms with Crippen LogP contribution in [0.2, 0.25) is 0 Å². The van der Waals surface area contributed by atoms with Crippen molar-refractivity contribution in [2.45, 2.75) is 37.6 Å². The molecule has 1 amide bonds. The average molecular weight is 221 g/mol. The number of amides is 1. The van der Waals surface area contributed by atoms with Crippen molar-refractivity contribution in [3.05, 3.63) is 0 Å². The third-order valence-corrected chi connectivity index (χ3v) is 2.27. The quantitative estimate of drug-likeness (QED) is 0.337. The molecule has 0 aromatic rings. The Hall–Kier alpha value is -0.730. The van der Waals surface area contributed by atoms with E-state index in [0.29, 0.717) is 0 Å². The summed E-state index contributed by atoms with van der Waals surface area (Å²) in [4.78, 5) is 10.8. The maximum absolute atomic E-state index is 10.8. The van der Waals surface area contributed by atoms with Crippen LogP contribution in [-0.4, -0.2) is 63.6 Å². The van der Waals surface area contributed by atoms with E-state index >= 15 is 0 Å². The normalized spacial score (nSPS) is 41.3. The van der Waals surface area contributed by atoms with E-state index in [2.05, 4.69) is 5.32 Å². The SMILES string of the molecule is CC(=O)N[C@@H]1[C@H](O)[C@@H](O)[C@H](O)O[C@@H]1CO. The van der Waals surface area contributed by atoms with Gasteiger partial charge in [-0.15, -0.1) is 0 Å². The lowest BCUT2D eigenvalue weighted by Gasteiger charge is -2.40. The molecule has 5 atom stereocenters. The van der Waals surface area contributed by atoms with Gasteiger partial charge in [-0.1, -0.05) is 0 Å². The third-order valence-electron chi connectivity index (χ3n) is 2.27. The van der Waals surface area contributed by atoms with Crippen LogP contribution in [0.5, 0.6) is 0 Å². The van der Waals surface area contributed by atoms with E-state index in [0.717, 1.165) is 0 Å². The monoisotopic (exact) mass is 221 g/mol. The molecule has 0 aromatic carbocycles. The van der Waals surface area contributed by atoms with E-state index in [1.165, 1.54) is 6.92 Å². The predicted octanol–water partition coefficient (Wildman–Crippen LogP) is -3.08. The van der Waals surface area contributed by atoms with Crippen molar-refractivity contribution >= 4 is 5.91 Å². The summed E-state index contributed by atoms with van der Waals surface area (Å²) in [6.07, 6.45) is -5.40. The highest BCUT2D eigenvalue weighted by Crippen LogP contribution is 2.19. The summed E-state index contributed by atoms with van der Waals surface area (Å²) in [5.41, 5.74) is 0. The maximum Gasteiger partial charge on any atom is 0.217 e. The van der Waals surface area contributed by atoms with Gasteiger partial charge in [0.05, 0.1) is 12.6 Å². The van der Waals surface area contributed by atoms with E-state index < -0.39 is 43.2 Å². The number of carbonyl (C=O) groups is 1. The van der Waals surface area contributed by atoms with Crippen molar-refractivity contribution in [1.82, 2.24) is 5.32 Å². The number of rotatable bonds is 2. The average Bonchev–Trinajstić information content (AvgIpc) is 2.18. The van der Waals surface area contributed by atoms with Crippen molar-refractivity contribution in [2.75, 3.05) is 6.61 Å². The Kier molecular flexibility index (Phi) is 4.00. The molecule has 7 heteroatoms. The van der Waals surface area contributed by atoms with Gasteiger partial charge in [-0.2, -0.15) is 0 Å². The molecule has 7 nitrogen and oxygen atoms in total. The van der Waals surface area contributed by atoms with Crippen LogP contribution in [0.4, 0.5) is 0 Å². The Morgan fingerprint density at radius 3 is 2.40 bits per heavy atom. The first-order chi connectivity index (χ1) is 6.97. The molecule has 0 unspecified atom stereocenters. The van der Waals surface area contributed by atoms with Gasteiger partial charge in [-0.25, -0.2) is 0 Å². The zero-order valence-electron chi connectivity index (χ0n) is 8.20. The second-order valence-electron chi connectivity index (χ2n) is 3.46. The van der Waals surface area contributed by atoms with Crippen LogP contribution in [-0.2, 0) is 9.53 Å². The van der Waals surface area contributed by atoms with Crippen LogP contribution in [0.3, 0.4) is 0 Å². The molecule has 1 heterocycles. The molecule has 0 bridgehead atoms. The van der Waals surface area contributed by atoms with Gasteiger partial charge in [0.2, 0.25) is 5.91 Å². The Bertz CT molecular complexity index is 233. The van der Waals surface area contributed by atoms with Crippen LogP contribution in [0.15, 0.2) is 0 Å². The summed E-state index contributed by atoms with van der Waals surface area (Å²) in [6.45, 7) is 0.754. The highest BCUT2D eigenvalue weighted by molar-refractivity contribution is 5.73. The molecule has 88 valence electrons. The van der Waals surface area contributed by atoms with Crippen LogP contribution in [0.25, 0.3) is 0 Å². The summed E-state index contributed by atoms with van der Waals surface area (Å²) in [5, 5.41) is 39.2. The lowest BCUT2D eigenvalue weighted by molar-refractivity contribution is -0.262. The fraction of sp³-hybridized carbons (Fsp3) is 0.875. The molecule has 1 saturated heterocycles. The Morgan fingerprint density at radius 1 is 1.33 bits per heavy atom. The van der Waals surface area contributed by atoms with Crippen LogP contribution in [0, 0.1) is 0 Å². The highest BCUT2D eigenvalue weighted by atomic mass is 16.6. The number of ether oxygens (including phenoxy) is 1. The zero-order valence-corrected chi connectivity index (χ0v) is 8.20. The van der Waals surface area contributed by atoms with Crippen LogP contribution < -0.4 is 5.32 Å². The first-order valence-electron chi connectivity index (χ1n) is 4.55. The molecule has 1 aliphatic rings. The number of aliphatic hydroxyl groups excluding tert-OH is 4. The van der Waals surface area contributed by atoms with E-state index in [1.807, 2.05) is 0 Å². The van der Waals surface area contributed by atoms with Gasteiger partial charge in [0.25, 0.3) is 0 Å². The molecular weight excluding hydrogens is 206 g/mol. The third kappa shape index (κ3) is 2.64. The minimum absolute atomic E-state index is 0.426. The van der Waals surface area contributed by atoms with Gasteiger partial charge in [0, 0.05) is 6.92 Å². The molecule has 1 rings (SSSR count). The predicted molar refractivity (Wildman–Crippen MR) is 47.6 cm³/mol. The van der Waals surface area contributed by atoms with Gasteiger partial charge in [0.15, 0.2) is 6.29 Å². The number of nitrogens with one attached hydrogen (secondary N) is 1. The van der Waals surface area contributed by atoms with Crippen LogP contribution in [0.1, 0.15) is 6.92 Å². The van der Waals surface area contributed by atoms with Gasteiger partial charge >= 0.3 is 0 Å². The van der Waals surface area contributed by atoms with E-state index in [4.69, 9.17) is 14.9 Å². The molecule has 0 aliphatic carbocycles. The second kappa shape index (κ2) is 4.86. The summed E-state index contributed by atoms with van der Waals surface area (Å²) in [5.74, 6) is -0.426. The van der Waals surface area contributed by atoms with Crippen LogP contribution >= 0.6 is 0 Å². The minimum Gasteiger partial charge on any atom is -0.394 e. The fourth-order valence-corrected chi connectivity index (χ4v) is 1.51. The Balaban J connectivity index is 2.75. The second-order valence-corrected chi connectivity index (χ2v) is 3.46. The molecule has 15 heavy (non-hydrogen) atoms. The standard InChI is InChI=1S/C8H15NO6/c1-3(11)9-5-4(2-10)15-8(14)7(13)6(5)12/h4-8,10,12-14H,2H2,1H3,(H,9,11)/t4-,5+,6+,7-,8-/m1/s1. The molecule has 0 spiro atoms. The summed E-state index contributed by atoms with van der Waals surface area (Å²) in [7, 11) is 0. The van der Waals surface area contributed by atoms with E-state index in [1.54, 1.807) is 0 Å². The molecule has 1 aliphatic heterocycles. The Morgan fingerprint density at radius 2 is 1.93 bits per heavy atom. The van der Waals surface area contributed by atoms with Gasteiger partial charge < -0.3 is 30.5 Å². The fourth-order valence-electron chi connectivity index (χ4n) is 1.51. The van der Waals surface area contributed by atoms with Gasteiger partial charge in [0.1, 0.15) is 18.3 Å².